The zero-order valence-electron chi connectivity index (χ0n) is 14.8. The maximum absolute atomic E-state index is 6.05. The molecule has 0 saturated heterocycles. The Morgan fingerprint density at radius 2 is 1.72 bits per heavy atom. The van der Waals surface area contributed by atoms with Crippen molar-refractivity contribution in [3.8, 4) is 11.4 Å². The van der Waals surface area contributed by atoms with Crippen molar-refractivity contribution in [2.24, 2.45) is 0 Å². The number of aryl methyl sites for hydroxylation is 2. The lowest BCUT2D eigenvalue weighted by Crippen LogP contribution is -2.21. The molecule has 3 aromatic rings. The van der Waals surface area contributed by atoms with Gasteiger partial charge in [0, 0.05) is 5.56 Å². The van der Waals surface area contributed by atoms with Crippen molar-refractivity contribution >= 4 is 0 Å². The molecule has 0 saturated carbocycles. The molecule has 0 N–H and O–H groups in total. The fourth-order valence-corrected chi connectivity index (χ4v) is 2.30. The van der Waals surface area contributed by atoms with Crippen LogP contribution in [0.2, 0.25) is 0 Å². The summed E-state index contributed by atoms with van der Waals surface area (Å²) in [6.07, 6.45) is 1.73. The van der Waals surface area contributed by atoms with Crippen LogP contribution in [0, 0.1) is 6.92 Å². The highest BCUT2D eigenvalue weighted by atomic mass is 16.5. The quantitative estimate of drug-likeness (QED) is 0.680. The zero-order chi connectivity index (χ0) is 17.9. The smallest absolute Gasteiger partial charge is 0.203 e. The number of nitrogens with zero attached hydrogens (tertiary/aromatic N) is 7. The summed E-state index contributed by atoms with van der Waals surface area (Å²) < 4.78 is 6.05. The molecule has 0 amide bonds. The first-order chi connectivity index (χ1) is 12.0. The summed E-state index contributed by atoms with van der Waals surface area (Å²) in [5.41, 5.74) is 2.27. The van der Waals surface area contributed by atoms with Crippen LogP contribution in [0.5, 0.6) is 0 Å². The standard InChI is InChI=1S/C17H21N7O/c1-5-24-18-10-15(23-24)11-25-17(3,4)14-8-6-13(7-9-14)16-21-19-12(2)20-22-16/h6-10H,5,11H2,1-4H3. The summed E-state index contributed by atoms with van der Waals surface area (Å²) in [5.74, 6) is 1.06. The monoisotopic (exact) mass is 339 g/mol. The van der Waals surface area contributed by atoms with Gasteiger partial charge in [-0.15, -0.1) is 20.4 Å². The molecular weight excluding hydrogens is 318 g/mol. The second-order valence-electron chi connectivity index (χ2n) is 6.17. The Kier molecular flexibility index (Phi) is 4.80. The van der Waals surface area contributed by atoms with E-state index in [1.165, 1.54) is 0 Å². The summed E-state index contributed by atoms with van der Waals surface area (Å²) in [6, 6.07) is 7.90. The highest BCUT2D eigenvalue weighted by Crippen LogP contribution is 2.27. The predicted octanol–water partition coefficient (Wildman–Crippen LogP) is 2.31. The summed E-state index contributed by atoms with van der Waals surface area (Å²) in [4.78, 5) is 1.64. The van der Waals surface area contributed by atoms with Gasteiger partial charge in [-0.1, -0.05) is 24.3 Å². The molecule has 130 valence electrons. The molecular formula is C17H21N7O. The molecule has 3 rings (SSSR count). The van der Waals surface area contributed by atoms with E-state index in [1.54, 1.807) is 17.9 Å². The highest BCUT2D eigenvalue weighted by molar-refractivity contribution is 5.54. The lowest BCUT2D eigenvalue weighted by atomic mass is 9.97. The molecule has 0 fully saturated rings. The molecule has 8 heteroatoms. The fourth-order valence-electron chi connectivity index (χ4n) is 2.30. The van der Waals surface area contributed by atoms with Crippen molar-refractivity contribution in [1.82, 2.24) is 35.4 Å². The lowest BCUT2D eigenvalue weighted by Gasteiger charge is -2.25. The van der Waals surface area contributed by atoms with Gasteiger partial charge in [-0.3, -0.25) is 0 Å². The fraction of sp³-hybridized carbons (Fsp3) is 0.412. The van der Waals surface area contributed by atoms with E-state index in [0.29, 0.717) is 18.3 Å². The van der Waals surface area contributed by atoms with Gasteiger partial charge in [0.25, 0.3) is 0 Å². The maximum atomic E-state index is 6.05. The van der Waals surface area contributed by atoms with Crippen molar-refractivity contribution in [3.05, 3.63) is 47.5 Å². The Labute approximate surface area is 146 Å². The minimum absolute atomic E-state index is 0.406. The van der Waals surface area contributed by atoms with E-state index >= 15 is 0 Å². The van der Waals surface area contributed by atoms with Gasteiger partial charge in [-0.2, -0.15) is 15.0 Å². The predicted molar refractivity (Wildman–Crippen MR) is 91.3 cm³/mol. The van der Waals surface area contributed by atoms with E-state index in [-0.39, 0.29) is 0 Å². The molecule has 0 unspecified atom stereocenters. The first-order valence-corrected chi connectivity index (χ1v) is 8.16. The topological polar surface area (TPSA) is 91.5 Å². The Morgan fingerprint density at radius 1 is 1.04 bits per heavy atom. The van der Waals surface area contributed by atoms with Gasteiger partial charge >= 0.3 is 0 Å². The van der Waals surface area contributed by atoms with Crippen molar-refractivity contribution in [3.63, 3.8) is 0 Å². The zero-order valence-corrected chi connectivity index (χ0v) is 14.8. The molecule has 0 spiro atoms. The molecule has 25 heavy (non-hydrogen) atoms. The van der Waals surface area contributed by atoms with Crippen LogP contribution in [-0.4, -0.2) is 35.4 Å². The van der Waals surface area contributed by atoms with Crippen LogP contribution in [0.3, 0.4) is 0 Å². The molecule has 0 aliphatic carbocycles. The maximum Gasteiger partial charge on any atom is 0.203 e. The van der Waals surface area contributed by atoms with Gasteiger partial charge in [0.1, 0.15) is 5.69 Å². The van der Waals surface area contributed by atoms with Crippen LogP contribution in [0.1, 0.15) is 37.9 Å². The molecule has 0 aliphatic rings. The van der Waals surface area contributed by atoms with Crippen LogP contribution in [0.25, 0.3) is 11.4 Å². The molecule has 2 aromatic heterocycles. The number of rotatable bonds is 6. The van der Waals surface area contributed by atoms with Crippen molar-refractivity contribution in [2.75, 3.05) is 0 Å². The van der Waals surface area contributed by atoms with E-state index in [1.807, 2.05) is 45.0 Å². The van der Waals surface area contributed by atoms with Gasteiger partial charge in [0.05, 0.1) is 24.9 Å². The van der Waals surface area contributed by atoms with Crippen molar-refractivity contribution < 1.29 is 4.74 Å². The Morgan fingerprint density at radius 3 is 2.32 bits per heavy atom. The molecule has 0 aliphatic heterocycles. The van der Waals surface area contributed by atoms with Crippen molar-refractivity contribution in [2.45, 2.75) is 46.4 Å². The number of ether oxygens (including phenoxy) is 1. The van der Waals surface area contributed by atoms with Crippen LogP contribution in [0.4, 0.5) is 0 Å². The van der Waals surface area contributed by atoms with E-state index in [4.69, 9.17) is 4.74 Å². The second kappa shape index (κ2) is 7.02. The average Bonchev–Trinajstić information content (AvgIpc) is 3.09. The molecule has 0 atom stereocenters. The minimum atomic E-state index is -0.459. The number of benzene rings is 1. The molecule has 2 heterocycles. The SMILES string of the molecule is CCn1ncc(COC(C)(C)c2ccc(-c3nnc(C)nn3)cc2)n1. The average molecular weight is 339 g/mol. The van der Waals surface area contributed by atoms with Crippen LogP contribution < -0.4 is 0 Å². The van der Waals surface area contributed by atoms with Gasteiger partial charge in [0.15, 0.2) is 5.82 Å². The van der Waals surface area contributed by atoms with Crippen LogP contribution >= 0.6 is 0 Å². The summed E-state index contributed by atoms with van der Waals surface area (Å²) in [7, 11) is 0. The van der Waals surface area contributed by atoms with E-state index in [2.05, 4.69) is 30.6 Å². The molecule has 0 bridgehead atoms. The molecule has 8 nitrogen and oxygen atoms in total. The molecule has 0 radical (unpaired) electrons. The van der Waals surface area contributed by atoms with Crippen LogP contribution in [-0.2, 0) is 23.5 Å². The normalized spacial score (nSPS) is 11.7. The van der Waals surface area contributed by atoms with E-state index in [9.17, 15) is 0 Å². The first kappa shape index (κ1) is 17.1. The number of aromatic nitrogens is 7. The second-order valence-corrected chi connectivity index (χ2v) is 6.17. The van der Waals surface area contributed by atoms with Gasteiger partial charge in [0.2, 0.25) is 5.82 Å². The number of hydrogen-bond donors (Lipinski definition) is 0. The van der Waals surface area contributed by atoms with Gasteiger partial charge in [-0.25, -0.2) is 0 Å². The van der Waals surface area contributed by atoms with Gasteiger partial charge < -0.3 is 4.74 Å². The van der Waals surface area contributed by atoms with Crippen molar-refractivity contribution in [1.29, 1.82) is 0 Å². The molecule has 1 aromatic carbocycles. The number of hydrogen-bond acceptors (Lipinski definition) is 7. The third kappa shape index (κ3) is 4.03. The van der Waals surface area contributed by atoms with Gasteiger partial charge in [-0.05, 0) is 33.3 Å². The van der Waals surface area contributed by atoms with E-state index in [0.717, 1.165) is 23.4 Å². The summed E-state index contributed by atoms with van der Waals surface area (Å²) in [5, 5.41) is 24.5. The van der Waals surface area contributed by atoms with E-state index < -0.39 is 5.60 Å². The Bertz CT molecular complexity index is 825. The minimum Gasteiger partial charge on any atom is -0.364 e. The Hall–Kier alpha value is -2.74. The Balaban J connectivity index is 1.70. The summed E-state index contributed by atoms with van der Waals surface area (Å²) >= 11 is 0. The summed E-state index contributed by atoms with van der Waals surface area (Å²) in [6.45, 7) is 8.96. The highest BCUT2D eigenvalue weighted by Gasteiger charge is 2.22. The lowest BCUT2D eigenvalue weighted by molar-refractivity contribution is -0.0353. The first-order valence-electron chi connectivity index (χ1n) is 8.16. The third-order valence-electron chi connectivity index (χ3n) is 3.86. The van der Waals surface area contributed by atoms with Crippen LogP contribution in [0.15, 0.2) is 30.5 Å². The largest absolute Gasteiger partial charge is 0.364 e. The third-order valence-corrected chi connectivity index (χ3v) is 3.86.